The molecule has 0 spiro atoms. The van der Waals surface area contributed by atoms with E-state index in [9.17, 15) is 0 Å². The average molecular weight is 422 g/mol. The van der Waals surface area contributed by atoms with Crippen molar-refractivity contribution in [2.24, 2.45) is 4.99 Å². The molecule has 3 rings (SSSR count). The molecule has 0 saturated heterocycles. The number of hydrogen-bond donors (Lipinski definition) is 2. The van der Waals surface area contributed by atoms with Crippen molar-refractivity contribution < 1.29 is 0 Å². The molecule has 0 saturated carbocycles. The van der Waals surface area contributed by atoms with Gasteiger partial charge in [0.05, 0.1) is 12.2 Å². The Bertz CT molecular complexity index is 874. The quantitative estimate of drug-likeness (QED) is 0.377. The predicted octanol–water partition coefficient (Wildman–Crippen LogP) is 3.05. The molecule has 0 bridgehead atoms. The fourth-order valence-electron chi connectivity index (χ4n) is 2.38. The molecule has 6 nitrogen and oxygen atoms in total. The summed E-state index contributed by atoms with van der Waals surface area (Å²) in [7, 11) is 1.75. The van der Waals surface area contributed by atoms with Crippen molar-refractivity contribution in [3.05, 3.63) is 63.7 Å². The molecule has 0 amide bonds. The van der Waals surface area contributed by atoms with Gasteiger partial charge in [-0.1, -0.05) is 17.7 Å². The summed E-state index contributed by atoms with van der Waals surface area (Å²) in [6, 6.07) is 7.72. The Balaban J connectivity index is 1.50. The topological polar surface area (TPSA) is 66.6 Å². The van der Waals surface area contributed by atoms with Gasteiger partial charge in [-0.15, -0.1) is 0 Å². The highest BCUT2D eigenvalue weighted by Gasteiger charge is 2.04. The van der Waals surface area contributed by atoms with E-state index >= 15 is 0 Å². The van der Waals surface area contributed by atoms with Gasteiger partial charge in [-0.2, -0.15) is 0 Å². The van der Waals surface area contributed by atoms with Crippen LogP contribution in [0.15, 0.2) is 52.3 Å². The fourth-order valence-corrected chi connectivity index (χ4v) is 2.84. The number of imidazole rings is 1. The van der Waals surface area contributed by atoms with E-state index in [2.05, 4.69) is 41.5 Å². The number of nitrogens with zero attached hydrogens (tertiary/aromatic N) is 4. The van der Waals surface area contributed by atoms with Crippen LogP contribution in [0, 0.1) is 0 Å². The van der Waals surface area contributed by atoms with Crippen LogP contribution in [0.3, 0.4) is 0 Å². The van der Waals surface area contributed by atoms with Crippen LogP contribution in [0.5, 0.6) is 0 Å². The van der Waals surface area contributed by atoms with Crippen molar-refractivity contribution in [3.63, 3.8) is 0 Å². The number of rotatable bonds is 5. The molecule has 25 heavy (non-hydrogen) atoms. The van der Waals surface area contributed by atoms with E-state index in [1.54, 1.807) is 19.3 Å². The Hall–Kier alpha value is -2.12. The number of nitrogens with one attached hydrogen (secondary N) is 2. The Morgan fingerprint density at radius 2 is 2.12 bits per heavy atom. The Labute approximate surface area is 159 Å². The summed E-state index contributed by atoms with van der Waals surface area (Å²) in [5, 5.41) is 7.06. The SMILES string of the molecule is CN=C(NCCc1ccc(Cl)nc1)NCc1cn2cc(Br)ccc2n1. The largest absolute Gasteiger partial charge is 0.356 e. The van der Waals surface area contributed by atoms with Gasteiger partial charge in [0.1, 0.15) is 10.8 Å². The van der Waals surface area contributed by atoms with Gasteiger partial charge in [0.25, 0.3) is 0 Å². The summed E-state index contributed by atoms with van der Waals surface area (Å²) in [6.07, 6.45) is 6.61. The molecule has 0 aliphatic carbocycles. The molecule has 3 aromatic rings. The van der Waals surface area contributed by atoms with Crippen LogP contribution in [0.1, 0.15) is 11.3 Å². The fraction of sp³-hybridized carbons (Fsp3) is 0.235. The van der Waals surface area contributed by atoms with Crippen LogP contribution >= 0.6 is 27.5 Å². The molecule has 3 heterocycles. The molecule has 8 heteroatoms. The molecule has 0 radical (unpaired) electrons. The van der Waals surface area contributed by atoms with Crippen molar-refractivity contribution in [1.29, 1.82) is 0 Å². The second-order valence-corrected chi connectivity index (χ2v) is 6.74. The first kappa shape index (κ1) is 17.7. The minimum absolute atomic E-state index is 0.508. The molecule has 0 atom stereocenters. The molecule has 0 unspecified atom stereocenters. The van der Waals surface area contributed by atoms with Crippen LogP contribution in [0.4, 0.5) is 0 Å². The second kappa shape index (κ2) is 8.31. The van der Waals surface area contributed by atoms with Gasteiger partial charge in [-0.3, -0.25) is 4.99 Å². The minimum Gasteiger partial charge on any atom is -0.356 e. The van der Waals surface area contributed by atoms with Crippen LogP contribution in [0.2, 0.25) is 5.15 Å². The molecule has 3 aromatic heterocycles. The summed E-state index contributed by atoms with van der Waals surface area (Å²) >= 11 is 9.25. The molecule has 0 fully saturated rings. The zero-order valence-corrected chi connectivity index (χ0v) is 16.0. The zero-order valence-electron chi connectivity index (χ0n) is 13.7. The van der Waals surface area contributed by atoms with E-state index in [0.29, 0.717) is 11.7 Å². The van der Waals surface area contributed by atoms with Crippen molar-refractivity contribution in [1.82, 2.24) is 25.0 Å². The van der Waals surface area contributed by atoms with E-state index in [1.807, 2.05) is 35.0 Å². The normalized spacial score (nSPS) is 11.7. The third kappa shape index (κ3) is 4.93. The molecule has 0 aliphatic rings. The van der Waals surface area contributed by atoms with Crippen LogP contribution < -0.4 is 10.6 Å². The van der Waals surface area contributed by atoms with Crippen LogP contribution in [-0.2, 0) is 13.0 Å². The number of guanidine groups is 1. The monoisotopic (exact) mass is 420 g/mol. The first-order valence-electron chi connectivity index (χ1n) is 7.82. The standard InChI is InChI=1S/C17H18BrClN6/c1-20-17(21-7-6-12-2-4-15(19)22-8-12)23-9-14-11-25-10-13(18)3-5-16(25)24-14/h2-5,8,10-11H,6-7,9H2,1H3,(H2,20,21,23). The highest BCUT2D eigenvalue weighted by atomic mass is 79.9. The Morgan fingerprint density at radius 3 is 2.88 bits per heavy atom. The van der Waals surface area contributed by atoms with E-state index in [-0.39, 0.29) is 0 Å². The van der Waals surface area contributed by atoms with Crippen molar-refractivity contribution in [2.45, 2.75) is 13.0 Å². The molecular weight excluding hydrogens is 404 g/mol. The van der Waals surface area contributed by atoms with Crippen molar-refractivity contribution in [2.75, 3.05) is 13.6 Å². The molecule has 0 aromatic carbocycles. The summed E-state index contributed by atoms with van der Waals surface area (Å²) in [4.78, 5) is 12.9. The van der Waals surface area contributed by atoms with Crippen LogP contribution in [-0.4, -0.2) is 33.9 Å². The minimum atomic E-state index is 0.508. The summed E-state index contributed by atoms with van der Waals surface area (Å²) in [5.74, 6) is 0.736. The molecular formula is C17H18BrClN6. The maximum atomic E-state index is 5.79. The third-order valence-corrected chi connectivity index (χ3v) is 4.31. The first-order chi connectivity index (χ1) is 12.1. The van der Waals surface area contributed by atoms with E-state index in [1.165, 1.54) is 0 Å². The maximum absolute atomic E-state index is 5.79. The van der Waals surface area contributed by atoms with Gasteiger partial charge in [-0.25, -0.2) is 9.97 Å². The van der Waals surface area contributed by atoms with Gasteiger partial charge in [0, 0.05) is 36.7 Å². The van der Waals surface area contributed by atoms with Gasteiger partial charge in [0.15, 0.2) is 5.96 Å². The third-order valence-electron chi connectivity index (χ3n) is 3.62. The number of aromatic nitrogens is 3. The van der Waals surface area contributed by atoms with Gasteiger partial charge < -0.3 is 15.0 Å². The summed E-state index contributed by atoms with van der Waals surface area (Å²) < 4.78 is 3.01. The number of hydrogen-bond acceptors (Lipinski definition) is 3. The molecule has 130 valence electrons. The van der Waals surface area contributed by atoms with Gasteiger partial charge in [-0.05, 0) is 46.1 Å². The summed E-state index contributed by atoms with van der Waals surface area (Å²) in [6.45, 7) is 1.35. The highest BCUT2D eigenvalue weighted by molar-refractivity contribution is 9.10. The maximum Gasteiger partial charge on any atom is 0.191 e. The lowest BCUT2D eigenvalue weighted by Gasteiger charge is -2.10. The zero-order chi connectivity index (χ0) is 17.6. The number of pyridine rings is 2. The van der Waals surface area contributed by atoms with Crippen molar-refractivity contribution in [3.8, 4) is 0 Å². The number of aliphatic imine (C=N–C) groups is 1. The van der Waals surface area contributed by atoms with E-state index in [0.717, 1.165) is 40.3 Å². The lowest BCUT2D eigenvalue weighted by Crippen LogP contribution is -2.37. The van der Waals surface area contributed by atoms with Crippen molar-refractivity contribution >= 4 is 39.1 Å². The van der Waals surface area contributed by atoms with Gasteiger partial charge >= 0.3 is 0 Å². The van der Waals surface area contributed by atoms with Gasteiger partial charge in [0.2, 0.25) is 0 Å². The first-order valence-corrected chi connectivity index (χ1v) is 8.99. The second-order valence-electron chi connectivity index (χ2n) is 5.44. The van der Waals surface area contributed by atoms with E-state index in [4.69, 9.17) is 11.6 Å². The number of fused-ring (bicyclic) bond motifs is 1. The van der Waals surface area contributed by atoms with E-state index < -0.39 is 0 Å². The lowest BCUT2D eigenvalue weighted by atomic mass is 10.2. The molecule has 2 N–H and O–H groups in total. The number of halogens is 2. The van der Waals surface area contributed by atoms with Crippen LogP contribution in [0.25, 0.3) is 5.65 Å². The Kier molecular flexibility index (Phi) is 5.88. The predicted molar refractivity (Wildman–Crippen MR) is 104 cm³/mol. The summed E-state index contributed by atoms with van der Waals surface area (Å²) in [5.41, 5.74) is 2.99. The lowest BCUT2D eigenvalue weighted by molar-refractivity contribution is 0.785. The Morgan fingerprint density at radius 1 is 1.24 bits per heavy atom. The smallest absolute Gasteiger partial charge is 0.191 e. The highest BCUT2D eigenvalue weighted by Crippen LogP contribution is 2.12. The molecule has 0 aliphatic heterocycles. The average Bonchev–Trinajstić information content (AvgIpc) is 3.01.